The number of hydrogen-bond acceptors (Lipinski definition) is 6. The van der Waals surface area contributed by atoms with Gasteiger partial charge in [0.2, 0.25) is 0 Å². The number of carbonyl (C=O) groups is 3. The average molecular weight is 889 g/mol. The minimum atomic E-state index is -0.765. The summed E-state index contributed by atoms with van der Waals surface area (Å²) in [7, 11) is 0. The molecule has 0 heterocycles. The SMILES string of the molecule is CCCCCCCCC/C=C\CCCCCCCCCC(=O)OC(COC(=O)CCCCCCCCC)COC(=O)CCCCCCCCCCCCCCCCCCCCCC. The molecular weight excluding hydrogens is 781 g/mol. The fraction of sp³-hybridized carbons (Fsp3) is 0.912. The van der Waals surface area contributed by atoms with Crippen molar-refractivity contribution in [2.75, 3.05) is 13.2 Å². The summed E-state index contributed by atoms with van der Waals surface area (Å²) in [6, 6.07) is 0. The zero-order valence-corrected chi connectivity index (χ0v) is 42.6. The third-order valence-electron chi connectivity index (χ3n) is 12.8. The van der Waals surface area contributed by atoms with Crippen molar-refractivity contribution in [2.24, 2.45) is 0 Å². The van der Waals surface area contributed by atoms with Crippen molar-refractivity contribution in [2.45, 2.75) is 322 Å². The Hall–Kier alpha value is -1.85. The summed E-state index contributed by atoms with van der Waals surface area (Å²) in [4.78, 5) is 37.9. The summed E-state index contributed by atoms with van der Waals surface area (Å²) >= 11 is 0. The maximum absolute atomic E-state index is 12.8. The highest BCUT2D eigenvalue weighted by molar-refractivity contribution is 5.71. The molecule has 6 heteroatoms. The van der Waals surface area contributed by atoms with Crippen molar-refractivity contribution in [3.05, 3.63) is 12.2 Å². The van der Waals surface area contributed by atoms with Crippen LogP contribution in [0.15, 0.2) is 12.2 Å². The predicted molar refractivity (Wildman–Crippen MR) is 270 cm³/mol. The zero-order valence-electron chi connectivity index (χ0n) is 42.6. The molecule has 0 bridgehead atoms. The molecule has 0 aromatic heterocycles. The Morgan fingerprint density at radius 2 is 0.524 bits per heavy atom. The van der Waals surface area contributed by atoms with Gasteiger partial charge >= 0.3 is 17.9 Å². The second-order valence-corrected chi connectivity index (χ2v) is 19.2. The Morgan fingerprint density at radius 1 is 0.302 bits per heavy atom. The highest BCUT2D eigenvalue weighted by atomic mass is 16.6. The van der Waals surface area contributed by atoms with Crippen LogP contribution in [0.25, 0.3) is 0 Å². The quantitative estimate of drug-likeness (QED) is 0.0262. The van der Waals surface area contributed by atoms with E-state index in [1.54, 1.807) is 0 Å². The number of hydrogen-bond donors (Lipinski definition) is 0. The van der Waals surface area contributed by atoms with Gasteiger partial charge in [-0.1, -0.05) is 264 Å². The number of esters is 3. The van der Waals surface area contributed by atoms with Gasteiger partial charge in [-0.3, -0.25) is 14.4 Å². The molecule has 0 aliphatic carbocycles. The van der Waals surface area contributed by atoms with Crippen LogP contribution in [0.4, 0.5) is 0 Å². The Morgan fingerprint density at radius 3 is 0.794 bits per heavy atom. The van der Waals surface area contributed by atoms with Crippen LogP contribution in [0.1, 0.15) is 316 Å². The fourth-order valence-corrected chi connectivity index (χ4v) is 8.50. The monoisotopic (exact) mass is 889 g/mol. The lowest BCUT2D eigenvalue weighted by atomic mass is 10.0. The molecule has 0 radical (unpaired) electrons. The molecule has 6 nitrogen and oxygen atoms in total. The lowest BCUT2D eigenvalue weighted by molar-refractivity contribution is -0.167. The number of unbranched alkanes of at least 4 members (excludes halogenated alkanes) is 39. The average Bonchev–Trinajstić information content (AvgIpc) is 3.28. The van der Waals surface area contributed by atoms with Crippen molar-refractivity contribution < 1.29 is 28.6 Å². The lowest BCUT2D eigenvalue weighted by Crippen LogP contribution is -2.30. The molecule has 63 heavy (non-hydrogen) atoms. The van der Waals surface area contributed by atoms with Crippen molar-refractivity contribution in [1.29, 1.82) is 0 Å². The third kappa shape index (κ3) is 51.0. The molecule has 0 saturated heterocycles. The molecular formula is C57H108O6. The summed E-state index contributed by atoms with van der Waals surface area (Å²) < 4.78 is 16.8. The molecule has 1 atom stereocenters. The summed E-state index contributed by atoms with van der Waals surface area (Å²) in [6.45, 7) is 6.64. The second-order valence-electron chi connectivity index (χ2n) is 19.2. The topological polar surface area (TPSA) is 78.9 Å². The normalized spacial score (nSPS) is 12.0. The first-order valence-corrected chi connectivity index (χ1v) is 28.2. The van der Waals surface area contributed by atoms with Gasteiger partial charge in [0.1, 0.15) is 13.2 Å². The van der Waals surface area contributed by atoms with Gasteiger partial charge in [-0.25, -0.2) is 0 Å². The lowest BCUT2D eigenvalue weighted by Gasteiger charge is -2.18. The summed E-state index contributed by atoms with van der Waals surface area (Å²) in [5, 5.41) is 0. The fourth-order valence-electron chi connectivity index (χ4n) is 8.50. The minimum absolute atomic E-state index is 0.0667. The van der Waals surface area contributed by atoms with E-state index < -0.39 is 6.10 Å². The summed E-state index contributed by atoms with van der Waals surface area (Å²) in [5.41, 5.74) is 0. The van der Waals surface area contributed by atoms with E-state index in [1.165, 1.54) is 218 Å². The van der Waals surface area contributed by atoms with Gasteiger partial charge in [0.15, 0.2) is 6.10 Å². The largest absolute Gasteiger partial charge is 0.462 e. The van der Waals surface area contributed by atoms with Crippen LogP contribution in [0.3, 0.4) is 0 Å². The Bertz CT molecular complexity index is 978. The van der Waals surface area contributed by atoms with Crippen LogP contribution in [0.2, 0.25) is 0 Å². The molecule has 1 unspecified atom stereocenters. The second kappa shape index (κ2) is 52.8. The Balaban J connectivity index is 4.16. The molecule has 0 amide bonds. The number of ether oxygens (including phenoxy) is 3. The van der Waals surface area contributed by atoms with E-state index >= 15 is 0 Å². The minimum Gasteiger partial charge on any atom is -0.462 e. The van der Waals surface area contributed by atoms with Gasteiger partial charge in [-0.15, -0.1) is 0 Å². The maximum atomic E-state index is 12.8. The maximum Gasteiger partial charge on any atom is 0.306 e. The van der Waals surface area contributed by atoms with Crippen LogP contribution in [-0.2, 0) is 28.6 Å². The Labute approximate surface area is 392 Å². The van der Waals surface area contributed by atoms with Crippen LogP contribution in [0.5, 0.6) is 0 Å². The molecule has 0 saturated carbocycles. The first-order valence-electron chi connectivity index (χ1n) is 28.2. The summed E-state index contributed by atoms with van der Waals surface area (Å²) in [6.07, 6.45) is 59.4. The molecule has 0 aliphatic heterocycles. The molecule has 0 N–H and O–H groups in total. The smallest absolute Gasteiger partial charge is 0.306 e. The van der Waals surface area contributed by atoms with Crippen molar-refractivity contribution in [1.82, 2.24) is 0 Å². The first kappa shape index (κ1) is 61.1. The number of carbonyl (C=O) groups excluding carboxylic acids is 3. The van der Waals surface area contributed by atoms with Gasteiger partial charge in [0, 0.05) is 19.3 Å². The van der Waals surface area contributed by atoms with E-state index in [0.717, 1.165) is 57.8 Å². The van der Waals surface area contributed by atoms with Crippen molar-refractivity contribution in [3.8, 4) is 0 Å². The molecule has 0 aliphatic rings. The van der Waals surface area contributed by atoms with Crippen molar-refractivity contribution in [3.63, 3.8) is 0 Å². The van der Waals surface area contributed by atoms with Gasteiger partial charge < -0.3 is 14.2 Å². The Kier molecular flexibility index (Phi) is 51.2. The van der Waals surface area contributed by atoms with Crippen LogP contribution >= 0.6 is 0 Å². The zero-order chi connectivity index (χ0) is 45.8. The van der Waals surface area contributed by atoms with Gasteiger partial charge in [0.05, 0.1) is 0 Å². The van der Waals surface area contributed by atoms with E-state index in [0.29, 0.717) is 19.3 Å². The van der Waals surface area contributed by atoms with Gasteiger partial charge in [-0.05, 0) is 44.9 Å². The van der Waals surface area contributed by atoms with E-state index in [2.05, 4.69) is 32.9 Å². The van der Waals surface area contributed by atoms with Gasteiger partial charge in [0.25, 0.3) is 0 Å². The molecule has 0 rings (SSSR count). The third-order valence-corrected chi connectivity index (χ3v) is 12.8. The highest BCUT2D eigenvalue weighted by Crippen LogP contribution is 2.17. The predicted octanol–water partition coefficient (Wildman–Crippen LogP) is 18.5. The number of rotatable bonds is 52. The molecule has 0 fully saturated rings. The van der Waals surface area contributed by atoms with Crippen molar-refractivity contribution >= 4 is 17.9 Å². The van der Waals surface area contributed by atoms with E-state index in [1.807, 2.05) is 0 Å². The van der Waals surface area contributed by atoms with Crippen LogP contribution in [0, 0.1) is 0 Å². The van der Waals surface area contributed by atoms with Gasteiger partial charge in [-0.2, -0.15) is 0 Å². The standard InChI is InChI=1S/C57H108O6/c1-4-7-10-13-16-18-20-22-24-26-28-29-31-32-34-36-38-41-44-47-50-56(59)62-53-54(52-61-55(58)49-46-43-40-15-12-9-6-3)63-57(60)51-48-45-42-39-37-35-33-30-27-25-23-21-19-17-14-11-8-5-2/h25,27,54H,4-24,26,28-53H2,1-3H3/b27-25-. The van der Waals surface area contributed by atoms with E-state index in [9.17, 15) is 14.4 Å². The summed E-state index contributed by atoms with van der Waals surface area (Å²) in [5.74, 6) is -0.858. The molecule has 0 aromatic rings. The molecule has 372 valence electrons. The highest BCUT2D eigenvalue weighted by Gasteiger charge is 2.19. The van der Waals surface area contributed by atoms with E-state index in [-0.39, 0.29) is 31.1 Å². The first-order chi connectivity index (χ1) is 31.0. The molecule has 0 spiro atoms. The van der Waals surface area contributed by atoms with Crippen LogP contribution in [-0.4, -0.2) is 37.2 Å². The van der Waals surface area contributed by atoms with E-state index in [4.69, 9.17) is 14.2 Å². The van der Waals surface area contributed by atoms with Crippen LogP contribution < -0.4 is 0 Å². The number of allylic oxidation sites excluding steroid dienone is 2. The molecule has 0 aromatic carbocycles.